The fraction of sp³-hybridized carbons (Fsp3) is 0.292. The highest BCUT2D eigenvalue weighted by Gasteiger charge is 2.37. The Bertz CT molecular complexity index is 942. The molecule has 3 aromatic rings. The molecular weight excluding hydrogens is 332 g/mol. The lowest BCUT2D eigenvalue weighted by atomic mass is 9.69. The van der Waals surface area contributed by atoms with Crippen LogP contribution in [0.4, 0.5) is 11.4 Å². The molecule has 3 N–H and O–H groups in total. The van der Waals surface area contributed by atoms with E-state index >= 15 is 0 Å². The minimum absolute atomic E-state index is 0.0738. The van der Waals surface area contributed by atoms with Crippen molar-refractivity contribution in [3.05, 3.63) is 72.3 Å². The molecule has 0 radical (unpaired) electrons. The standard InChI is InChI=1S/C24H28N2O/c1-16(2)22(24(3,4)23(25)27)18-10-12-20(13-11-18)26-21-14-9-17-7-5-6-8-19(17)15-21/h5-16,22,26H,1-4H3,(H2,25,27). The Morgan fingerprint density at radius 1 is 0.889 bits per heavy atom. The number of hydrogen-bond acceptors (Lipinski definition) is 2. The molecule has 27 heavy (non-hydrogen) atoms. The Labute approximate surface area is 161 Å². The number of primary amides is 1. The highest BCUT2D eigenvalue weighted by molar-refractivity contribution is 5.86. The van der Waals surface area contributed by atoms with Crippen molar-refractivity contribution in [1.82, 2.24) is 0 Å². The molecule has 0 spiro atoms. The molecular formula is C24H28N2O. The smallest absolute Gasteiger partial charge is 0.223 e. The molecule has 0 aliphatic heterocycles. The second-order valence-electron chi connectivity index (χ2n) is 8.12. The van der Waals surface area contributed by atoms with Crippen LogP contribution in [-0.4, -0.2) is 5.91 Å². The summed E-state index contributed by atoms with van der Waals surface area (Å²) >= 11 is 0. The lowest BCUT2D eigenvalue weighted by Gasteiger charge is -2.35. The first-order chi connectivity index (χ1) is 12.8. The number of anilines is 2. The van der Waals surface area contributed by atoms with Gasteiger partial charge in [0.1, 0.15) is 0 Å². The van der Waals surface area contributed by atoms with Crippen molar-refractivity contribution in [3.8, 4) is 0 Å². The van der Waals surface area contributed by atoms with Gasteiger partial charge in [-0.05, 0) is 46.5 Å². The number of hydrogen-bond donors (Lipinski definition) is 2. The normalized spacial score (nSPS) is 12.9. The van der Waals surface area contributed by atoms with Gasteiger partial charge in [0, 0.05) is 17.3 Å². The summed E-state index contributed by atoms with van der Waals surface area (Å²) in [4.78, 5) is 12.0. The minimum Gasteiger partial charge on any atom is -0.369 e. The number of rotatable bonds is 6. The topological polar surface area (TPSA) is 55.1 Å². The molecule has 0 fully saturated rings. The summed E-state index contributed by atoms with van der Waals surface area (Å²) < 4.78 is 0. The second kappa shape index (κ2) is 7.43. The van der Waals surface area contributed by atoms with Crippen LogP contribution < -0.4 is 11.1 Å². The van der Waals surface area contributed by atoms with Crippen LogP contribution in [0.2, 0.25) is 0 Å². The molecule has 1 amide bonds. The van der Waals surface area contributed by atoms with Crippen molar-refractivity contribution in [2.24, 2.45) is 17.1 Å². The van der Waals surface area contributed by atoms with E-state index in [1.165, 1.54) is 10.8 Å². The lowest BCUT2D eigenvalue weighted by molar-refractivity contribution is -0.127. The summed E-state index contributed by atoms with van der Waals surface area (Å²) in [5.41, 5.74) is 8.29. The summed E-state index contributed by atoms with van der Waals surface area (Å²) in [6, 6.07) is 23.0. The van der Waals surface area contributed by atoms with E-state index in [1.807, 2.05) is 26.0 Å². The van der Waals surface area contributed by atoms with Gasteiger partial charge < -0.3 is 11.1 Å². The first-order valence-corrected chi connectivity index (χ1v) is 9.44. The maximum Gasteiger partial charge on any atom is 0.223 e. The molecule has 3 aromatic carbocycles. The molecule has 0 aromatic heterocycles. The fourth-order valence-electron chi connectivity index (χ4n) is 4.00. The number of nitrogens with one attached hydrogen (secondary N) is 1. The molecule has 3 rings (SSSR count). The zero-order valence-corrected chi connectivity index (χ0v) is 16.5. The Balaban J connectivity index is 1.84. The van der Waals surface area contributed by atoms with Gasteiger partial charge in [0.15, 0.2) is 0 Å². The maximum atomic E-state index is 12.0. The van der Waals surface area contributed by atoms with Crippen LogP contribution in [0.1, 0.15) is 39.2 Å². The van der Waals surface area contributed by atoms with Gasteiger partial charge in [0.25, 0.3) is 0 Å². The fourth-order valence-corrected chi connectivity index (χ4v) is 4.00. The predicted octanol–water partition coefficient (Wildman–Crippen LogP) is 5.83. The van der Waals surface area contributed by atoms with E-state index in [1.54, 1.807) is 0 Å². The largest absolute Gasteiger partial charge is 0.369 e. The van der Waals surface area contributed by atoms with Crippen molar-refractivity contribution in [1.29, 1.82) is 0 Å². The monoisotopic (exact) mass is 360 g/mol. The number of fused-ring (bicyclic) bond motifs is 1. The SMILES string of the molecule is CC(C)C(c1ccc(Nc2ccc3ccccc3c2)cc1)C(C)(C)C(N)=O. The second-order valence-corrected chi connectivity index (χ2v) is 8.12. The number of benzene rings is 3. The van der Waals surface area contributed by atoms with Crippen molar-refractivity contribution in [2.45, 2.75) is 33.6 Å². The molecule has 140 valence electrons. The third-order valence-electron chi connectivity index (χ3n) is 5.39. The molecule has 0 bridgehead atoms. The van der Waals surface area contributed by atoms with Gasteiger partial charge >= 0.3 is 0 Å². The Morgan fingerprint density at radius 3 is 2.07 bits per heavy atom. The Morgan fingerprint density at radius 2 is 1.48 bits per heavy atom. The van der Waals surface area contributed by atoms with Crippen LogP contribution in [0.5, 0.6) is 0 Å². The summed E-state index contributed by atoms with van der Waals surface area (Å²) in [6.45, 7) is 8.13. The lowest BCUT2D eigenvalue weighted by Crippen LogP contribution is -2.39. The zero-order chi connectivity index (χ0) is 19.6. The van der Waals surface area contributed by atoms with Gasteiger partial charge in [-0.25, -0.2) is 0 Å². The zero-order valence-electron chi connectivity index (χ0n) is 16.5. The van der Waals surface area contributed by atoms with E-state index < -0.39 is 5.41 Å². The van der Waals surface area contributed by atoms with Crippen molar-refractivity contribution in [2.75, 3.05) is 5.32 Å². The van der Waals surface area contributed by atoms with Gasteiger partial charge in [-0.15, -0.1) is 0 Å². The summed E-state index contributed by atoms with van der Waals surface area (Å²) in [6.07, 6.45) is 0. The minimum atomic E-state index is -0.596. The van der Waals surface area contributed by atoms with Crippen LogP contribution in [0.15, 0.2) is 66.7 Å². The molecule has 3 heteroatoms. The van der Waals surface area contributed by atoms with E-state index in [0.29, 0.717) is 5.92 Å². The highest BCUT2D eigenvalue weighted by Crippen LogP contribution is 2.41. The third-order valence-corrected chi connectivity index (χ3v) is 5.39. The van der Waals surface area contributed by atoms with Crippen LogP contribution >= 0.6 is 0 Å². The first kappa shape index (κ1) is 19.0. The quantitative estimate of drug-likeness (QED) is 0.580. The van der Waals surface area contributed by atoms with Crippen LogP contribution in [0.25, 0.3) is 10.8 Å². The van der Waals surface area contributed by atoms with Gasteiger partial charge in [-0.1, -0.05) is 70.2 Å². The molecule has 3 nitrogen and oxygen atoms in total. The molecule has 0 saturated heterocycles. The number of carbonyl (C=O) groups is 1. The Kier molecular flexibility index (Phi) is 5.22. The van der Waals surface area contributed by atoms with Gasteiger partial charge in [0.2, 0.25) is 5.91 Å². The van der Waals surface area contributed by atoms with Crippen LogP contribution in [0, 0.1) is 11.3 Å². The average molecular weight is 361 g/mol. The van der Waals surface area contributed by atoms with E-state index in [0.717, 1.165) is 16.9 Å². The molecule has 0 heterocycles. The highest BCUT2D eigenvalue weighted by atomic mass is 16.1. The molecule has 0 aliphatic carbocycles. The van der Waals surface area contributed by atoms with E-state index in [-0.39, 0.29) is 11.8 Å². The van der Waals surface area contributed by atoms with Crippen LogP contribution in [-0.2, 0) is 4.79 Å². The van der Waals surface area contributed by atoms with Gasteiger partial charge in [0.05, 0.1) is 5.41 Å². The van der Waals surface area contributed by atoms with Crippen LogP contribution in [0.3, 0.4) is 0 Å². The van der Waals surface area contributed by atoms with Gasteiger partial charge in [-0.3, -0.25) is 4.79 Å². The summed E-state index contributed by atoms with van der Waals surface area (Å²) in [5, 5.41) is 5.90. The maximum absolute atomic E-state index is 12.0. The van der Waals surface area contributed by atoms with E-state index in [9.17, 15) is 4.79 Å². The first-order valence-electron chi connectivity index (χ1n) is 9.44. The third kappa shape index (κ3) is 3.97. The summed E-state index contributed by atoms with van der Waals surface area (Å²) in [7, 11) is 0. The predicted molar refractivity (Wildman–Crippen MR) is 114 cm³/mol. The van der Waals surface area contributed by atoms with E-state index in [2.05, 4.69) is 73.8 Å². The number of amides is 1. The Hall–Kier alpha value is -2.81. The summed E-state index contributed by atoms with van der Waals surface area (Å²) in [5.74, 6) is 0.121. The van der Waals surface area contributed by atoms with E-state index in [4.69, 9.17) is 5.73 Å². The molecule has 0 saturated carbocycles. The number of nitrogens with two attached hydrogens (primary N) is 1. The average Bonchev–Trinajstić information content (AvgIpc) is 2.62. The molecule has 0 aliphatic rings. The number of carbonyl (C=O) groups excluding carboxylic acids is 1. The van der Waals surface area contributed by atoms with Crippen molar-refractivity contribution in [3.63, 3.8) is 0 Å². The molecule has 1 atom stereocenters. The van der Waals surface area contributed by atoms with Crippen molar-refractivity contribution >= 4 is 28.1 Å². The van der Waals surface area contributed by atoms with Gasteiger partial charge in [-0.2, -0.15) is 0 Å². The van der Waals surface area contributed by atoms with Crippen molar-refractivity contribution < 1.29 is 4.79 Å². The molecule has 1 unspecified atom stereocenters.